The minimum atomic E-state index is -4.49. The molecule has 4 nitrogen and oxygen atoms in total. The summed E-state index contributed by atoms with van der Waals surface area (Å²) in [6.07, 6.45) is -2.26. The zero-order valence-corrected chi connectivity index (χ0v) is 20.0. The molecule has 0 spiro atoms. The molecule has 182 valence electrons. The number of hydrogen-bond acceptors (Lipinski definition) is 3. The molecule has 2 amide bonds. The fourth-order valence-corrected chi connectivity index (χ4v) is 5.33. The third kappa shape index (κ3) is 5.17. The highest BCUT2D eigenvalue weighted by Gasteiger charge is 2.35. The molecule has 0 saturated heterocycles. The van der Waals surface area contributed by atoms with E-state index in [0.717, 1.165) is 47.4 Å². The van der Waals surface area contributed by atoms with Crippen LogP contribution >= 0.6 is 11.3 Å². The summed E-state index contributed by atoms with van der Waals surface area (Å²) in [5.74, 6) is -0.745. The van der Waals surface area contributed by atoms with Crippen LogP contribution in [0.4, 0.5) is 13.2 Å². The first kappa shape index (κ1) is 24.7. The van der Waals surface area contributed by atoms with Crippen molar-refractivity contribution in [3.63, 3.8) is 0 Å². The Morgan fingerprint density at radius 1 is 1.11 bits per heavy atom. The van der Waals surface area contributed by atoms with Gasteiger partial charge in [0.15, 0.2) is 0 Å². The van der Waals surface area contributed by atoms with E-state index < -0.39 is 17.6 Å². The van der Waals surface area contributed by atoms with Crippen molar-refractivity contribution in [3.05, 3.63) is 105 Å². The number of hydrogen-bond donors (Lipinski definition) is 0. The lowest BCUT2D eigenvalue weighted by Gasteiger charge is -2.38. The summed E-state index contributed by atoms with van der Waals surface area (Å²) >= 11 is 1.67. The van der Waals surface area contributed by atoms with Crippen molar-refractivity contribution in [2.45, 2.75) is 25.6 Å². The van der Waals surface area contributed by atoms with Crippen LogP contribution < -0.4 is 0 Å². The molecule has 35 heavy (non-hydrogen) atoms. The van der Waals surface area contributed by atoms with E-state index in [1.165, 1.54) is 15.9 Å². The van der Waals surface area contributed by atoms with Crippen molar-refractivity contribution in [2.24, 2.45) is 0 Å². The van der Waals surface area contributed by atoms with E-state index in [4.69, 9.17) is 0 Å². The van der Waals surface area contributed by atoms with Crippen LogP contribution in [0.15, 0.2) is 72.6 Å². The van der Waals surface area contributed by atoms with Crippen LogP contribution in [0.1, 0.15) is 43.5 Å². The third-order valence-corrected chi connectivity index (χ3v) is 7.19. The zero-order valence-electron chi connectivity index (χ0n) is 19.2. The maximum Gasteiger partial charge on any atom is 0.416 e. The number of carbonyl (C=O) groups is 2. The number of fused-ring (bicyclic) bond motifs is 1. The molecule has 3 aromatic rings. The molecular weight excluding hydrogens is 473 g/mol. The smallest absolute Gasteiger partial charge is 0.330 e. The normalized spacial score (nSPS) is 15.4. The average Bonchev–Trinajstić information content (AvgIpc) is 3.32. The van der Waals surface area contributed by atoms with Crippen LogP contribution in [0.25, 0.3) is 0 Å². The Labute approximate surface area is 206 Å². The van der Waals surface area contributed by atoms with Gasteiger partial charge in [-0.3, -0.25) is 9.59 Å². The summed E-state index contributed by atoms with van der Waals surface area (Å²) < 4.78 is 38.7. The molecule has 1 atom stereocenters. The Hall–Kier alpha value is -3.39. The van der Waals surface area contributed by atoms with E-state index in [-0.39, 0.29) is 30.6 Å². The largest absolute Gasteiger partial charge is 0.416 e. The van der Waals surface area contributed by atoms with E-state index in [2.05, 4.69) is 6.58 Å². The number of halogens is 3. The Balaban J connectivity index is 1.60. The van der Waals surface area contributed by atoms with Crippen molar-refractivity contribution < 1.29 is 22.8 Å². The second-order valence-electron chi connectivity index (χ2n) is 8.44. The van der Waals surface area contributed by atoms with Crippen LogP contribution in [0.2, 0.25) is 0 Å². The SMILES string of the molecule is C=CCN(CC(=O)N1CCc2sccc2C1c1ccccc1C)C(=O)c1ccc(C(F)(F)F)cc1. The predicted molar refractivity (Wildman–Crippen MR) is 130 cm³/mol. The summed E-state index contributed by atoms with van der Waals surface area (Å²) in [5.41, 5.74) is 2.44. The first-order chi connectivity index (χ1) is 16.7. The number of aryl methyl sites for hydroxylation is 1. The van der Waals surface area contributed by atoms with Crippen molar-refractivity contribution in [1.82, 2.24) is 9.80 Å². The molecule has 0 aliphatic carbocycles. The van der Waals surface area contributed by atoms with Crippen molar-refractivity contribution in [3.8, 4) is 0 Å². The summed E-state index contributed by atoms with van der Waals surface area (Å²) in [7, 11) is 0. The van der Waals surface area contributed by atoms with Gasteiger partial charge >= 0.3 is 6.18 Å². The second-order valence-corrected chi connectivity index (χ2v) is 9.45. The summed E-state index contributed by atoms with van der Waals surface area (Å²) in [5, 5.41) is 2.03. The topological polar surface area (TPSA) is 40.6 Å². The van der Waals surface area contributed by atoms with Gasteiger partial charge in [-0.15, -0.1) is 17.9 Å². The van der Waals surface area contributed by atoms with Crippen molar-refractivity contribution >= 4 is 23.2 Å². The van der Waals surface area contributed by atoms with Crippen LogP contribution in [0.5, 0.6) is 0 Å². The number of nitrogens with zero attached hydrogens (tertiary/aromatic N) is 2. The van der Waals surface area contributed by atoms with E-state index >= 15 is 0 Å². The lowest BCUT2D eigenvalue weighted by atomic mass is 9.90. The van der Waals surface area contributed by atoms with Crippen molar-refractivity contribution in [1.29, 1.82) is 0 Å². The highest BCUT2D eigenvalue weighted by molar-refractivity contribution is 7.10. The van der Waals surface area contributed by atoms with E-state index in [0.29, 0.717) is 6.54 Å². The van der Waals surface area contributed by atoms with Gasteiger partial charge in [0.2, 0.25) is 5.91 Å². The molecule has 0 saturated carbocycles. The van der Waals surface area contributed by atoms with Gasteiger partial charge in [-0.1, -0.05) is 30.3 Å². The maximum atomic E-state index is 13.6. The highest BCUT2D eigenvalue weighted by atomic mass is 32.1. The Morgan fingerprint density at radius 2 is 1.83 bits per heavy atom. The molecule has 8 heteroatoms. The van der Waals surface area contributed by atoms with Crippen LogP contribution in [-0.4, -0.2) is 41.2 Å². The van der Waals surface area contributed by atoms with Crippen LogP contribution in [0.3, 0.4) is 0 Å². The molecule has 1 unspecified atom stereocenters. The standard InChI is InChI=1S/C27H25F3N2O2S/c1-3-14-31(26(34)19-8-10-20(11-9-19)27(28,29)30)17-24(33)32-15-12-23-22(13-16-35-23)25(32)21-7-5-4-6-18(21)2/h3-11,13,16,25H,1,12,14-15,17H2,2H3. The van der Waals surface area contributed by atoms with Gasteiger partial charge in [0.1, 0.15) is 6.54 Å². The van der Waals surface area contributed by atoms with Gasteiger partial charge in [0.25, 0.3) is 5.91 Å². The Bertz CT molecular complexity index is 1230. The van der Waals surface area contributed by atoms with E-state index in [1.807, 2.05) is 42.6 Å². The molecule has 0 radical (unpaired) electrons. The Morgan fingerprint density at radius 3 is 2.49 bits per heavy atom. The van der Waals surface area contributed by atoms with Gasteiger partial charge in [0.05, 0.1) is 11.6 Å². The number of amides is 2. The number of thiophene rings is 1. The third-order valence-electron chi connectivity index (χ3n) is 6.19. The first-order valence-corrected chi connectivity index (χ1v) is 12.1. The van der Waals surface area contributed by atoms with E-state index in [9.17, 15) is 22.8 Å². The van der Waals surface area contributed by atoms with Gasteiger partial charge in [-0.25, -0.2) is 0 Å². The molecule has 1 aliphatic rings. The molecule has 1 aromatic heterocycles. The maximum absolute atomic E-state index is 13.6. The number of benzene rings is 2. The molecule has 2 aromatic carbocycles. The molecule has 4 rings (SSSR count). The first-order valence-electron chi connectivity index (χ1n) is 11.2. The number of rotatable bonds is 6. The minimum absolute atomic E-state index is 0.0851. The van der Waals surface area contributed by atoms with Gasteiger partial charge in [0, 0.05) is 23.5 Å². The van der Waals surface area contributed by atoms with Crippen LogP contribution in [0, 0.1) is 6.92 Å². The summed E-state index contributed by atoms with van der Waals surface area (Å²) in [6, 6.07) is 13.7. The Kier molecular flexibility index (Phi) is 7.12. The second kappa shape index (κ2) is 10.1. The lowest BCUT2D eigenvalue weighted by molar-refractivity contribution is -0.137. The summed E-state index contributed by atoms with van der Waals surface area (Å²) in [4.78, 5) is 31.0. The quantitative estimate of drug-likeness (QED) is 0.399. The summed E-state index contributed by atoms with van der Waals surface area (Å²) in [6.45, 7) is 6.09. The highest BCUT2D eigenvalue weighted by Crippen LogP contribution is 2.39. The predicted octanol–water partition coefficient (Wildman–Crippen LogP) is 5.88. The molecular formula is C27H25F3N2O2S. The molecule has 0 fully saturated rings. The lowest BCUT2D eigenvalue weighted by Crippen LogP contribution is -2.47. The van der Waals surface area contributed by atoms with E-state index in [1.54, 1.807) is 16.2 Å². The average molecular weight is 499 g/mol. The monoisotopic (exact) mass is 498 g/mol. The van der Waals surface area contributed by atoms with Gasteiger partial charge < -0.3 is 9.80 Å². The molecule has 0 bridgehead atoms. The molecule has 0 N–H and O–H groups in total. The number of alkyl halides is 3. The fraction of sp³-hybridized carbons (Fsp3) is 0.259. The van der Waals surface area contributed by atoms with Gasteiger partial charge in [-0.05, 0) is 65.7 Å². The number of carbonyl (C=O) groups excluding carboxylic acids is 2. The minimum Gasteiger partial charge on any atom is -0.330 e. The fourth-order valence-electron chi connectivity index (χ4n) is 4.43. The van der Waals surface area contributed by atoms with Crippen molar-refractivity contribution in [2.75, 3.05) is 19.6 Å². The zero-order chi connectivity index (χ0) is 25.2. The van der Waals surface area contributed by atoms with Gasteiger partial charge in [-0.2, -0.15) is 13.2 Å². The molecule has 2 heterocycles. The van der Waals surface area contributed by atoms with Crippen LogP contribution in [-0.2, 0) is 17.4 Å². The molecule has 1 aliphatic heterocycles.